The highest BCUT2D eigenvalue weighted by atomic mass is 19.4. The molecule has 3 heterocycles. The van der Waals surface area contributed by atoms with Crippen LogP contribution in [0.15, 0.2) is 18.3 Å². The molecule has 2 aliphatic heterocycles. The first-order valence-electron chi connectivity index (χ1n) is 9.61. The summed E-state index contributed by atoms with van der Waals surface area (Å²) in [6.07, 6.45) is -0.373. The Bertz CT molecular complexity index is 635. The van der Waals surface area contributed by atoms with Crippen molar-refractivity contribution in [2.24, 2.45) is 5.92 Å². The number of anilines is 1. The molecule has 1 aromatic rings. The van der Waals surface area contributed by atoms with Crippen LogP contribution in [-0.4, -0.2) is 66.5 Å². The maximum Gasteiger partial charge on any atom is 0.417 e. The van der Waals surface area contributed by atoms with Crippen molar-refractivity contribution >= 4 is 11.7 Å². The summed E-state index contributed by atoms with van der Waals surface area (Å²) in [6, 6.07) is 2.50. The first-order chi connectivity index (χ1) is 12.8. The first-order valence-corrected chi connectivity index (χ1v) is 9.61. The van der Waals surface area contributed by atoms with Crippen LogP contribution in [0.3, 0.4) is 0 Å². The summed E-state index contributed by atoms with van der Waals surface area (Å²) in [5, 5.41) is 0. The minimum Gasteiger partial charge on any atom is -0.355 e. The molecule has 150 valence electrons. The summed E-state index contributed by atoms with van der Waals surface area (Å²) in [5.74, 6) is 1.30. The summed E-state index contributed by atoms with van der Waals surface area (Å²) in [4.78, 5) is 22.7. The van der Waals surface area contributed by atoms with Gasteiger partial charge in [0.15, 0.2) is 0 Å². The maximum absolute atomic E-state index is 12.7. The second-order valence-corrected chi connectivity index (χ2v) is 7.61. The molecular formula is C19H27F3N4O. The van der Waals surface area contributed by atoms with Crippen LogP contribution in [0.2, 0.25) is 0 Å². The highest BCUT2D eigenvalue weighted by Crippen LogP contribution is 2.29. The molecule has 0 radical (unpaired) electrons. The van der Waals surface area contributed by atoms with Gasteiger partial charge in [-0.25, -0.2) is 4.98 Å². The average Bonchev–Trinajstić information content (AvgIpc) is 2.87. The van der Waals surface area contributed by atoms with E-state index in [0.29, 0.717) is 31.4 Å². The standard InChI is InChI=1S/C19H27F3N4O/c1-15-4-2-8-26(13-15)18(27)14-24-7-3-9-25(11-10-24)17-6-5-16(12-23-17)19(20,21)22/h5-6,12,15H,2-4,7-11,13-14H2,1H3. The maximum atomic E-state index is 12.7. The Morgan fingerprint density at radius 2 is 1.96 bits per heavy atom. The van der Waals surface area contributed by atoms with Crippen molar-refractivity contribution in [2.45, 2.75) is 32.4 Å². The molecule has 0 N–H and O–H groups in total. The fraction of sp³-hybridized carbons (Fsp3) is 0.684. The Morgan fingerprint density at radius 3 is 2.63 bits per heavy atom. The normalized spacial score (nSPS) is 22.6. The number of pyridine rings is 1. The van der Waals surface area contributed by atoms with Gasteiger partial charge < -0.3 is 9.80 Å². The number of piperidine rings is 1. The van der Waals surface area contributed by atoms with E-state index in [2.05, 4.69) is 16.8 Å². The fourth-order valence-corrected chi connectivity index (χ4v) is 3.81. The van der Waals surface area contributed by atoms with Crippen LogP contribution in [0.25, 0.3) is 0 Å². The Hall–Kier alpha value is -1.83. The summed E-state index contributed by atoms with van der Waals surface area (Å²) in [6.45, 7) is 7.18. The number of alkyl halides is 3. The molecule has 0 aromatic carbocycles. The second-order valence-electron chi connectivity index (χ2n) is 7.61. The van der Waals surface area contributed by atoms with Crippen molar-refractivity contribution in [2.75, 3.05) is 50.7 Å². The van der Waals surface area contributed by atoms with Gasteiger partial charge in [0.2, 0.25) is 5.91 Å². The van der Waals surface area contributed by atoms with Gasteiger partial charge in [-0.1, -0.05) is 6.92 Å². The minimum atomic E-state index is -4.37. The van der Waals surface area contributed by atoms with Crippen molar-refractivity contribution in [3.05, 3.63) is 23.9 Å². The molecule has 27 heavy (non-hydrogen) atoms. The Balaban J connectivity index is 1.53. The number of hydrogen-bond donors (Lipinski definition) is 0. The Labute approximate surface area is 158 Å². The van der Waals surface area contributed by atoms with Gasteiger partial charge in [-0.15, -0.1) is 0 Å². The average molecular weight is 384 g/mol. The molecule has 0 aliphatic carbocycles. The molecule has 1 aromatic heterocycles. The SMILES string of the molecule is CC1CCCN(C(=O)CN2CCCN(c3ccc(C(F)(F)F)cn3)CC2)C1. The van der Waals surface area contributed by atoms with E-state index in [0.717, 1.165) is 51.3 Å². The van der Waals surface area contributed by atoms with Gasteiger partial charge in [0.05, 0.1) is 12.1 Å². The van der Waals surface area contributed by atoms with Crippen molar-refractivity contribution < 1.29 is 18.0 Å². The molecule has 3 rings (SSSR count). The summed E-state index contributed by atoms with van der Waals surface area (Å²) >= 11 is 0. The van der Waals surface area contributed by atoms with Crippen molar-refractivity contribution in [1.29, 1.82) is 0 Å². The van der Waals surface area contributed by atoms with E-state index in [-0.39, 0.29) is 5.91 Å². The minimum absolute atomic E-state index is 0.183. The first kappa shape index (κ1) is 19.9. The Kier molecular flexibility index (Phi) is 6.24. The van der Waals surface area contributed by atoms with E-state index in [9.17, 15) is 18.0 Å². The zero-order valence-electron chi connectivity index (χ0n) is 15.7. The molecule has 2 aliphatic rings. The number of carbonyl (C=O) groups is 1. The molecule has 2 saturated heterocycles. The lowest BCUT2D eigenvalue weighted by Crippen LogP contribution is -2.45. The number of carbonyl (C=O) groups excluding carboxylic acids is 1. The topological polar surface area (TPSA) is 39.7 Å². The van der Waals surface area contributed by atoms with Crippen molar-refractivity contribution in [3.63, 3.8) is 0 Å². The molecule has 8 heteroatoms. The van der Waals surface area contributed by atoms with Crippen molar-refractivity contribution in [1.82, 2.24) is 14.8 Å². The van der Waals surface area contributed by atoms with E-state index >= 15 is 0 Å². The van der Waals surface area contributed by atoms with Gasteiger partial charge in [0, 0.05) is 45.5 Å². The third-order valence-electron chi connectivity index (χ3n) is 5.36. The molecule has 0 saturated carbocycles. The quantitative estimate of drug-likeness (QED) is 0.804. The molecule has 1 unspecified atom stereocenters. The van der Waals surface area contributed by atoms with Gasteiger partial charge in [-0.3, -0.25) is 9.69 Å². The molecule has 1 atom stereocenters. The highest BCUT2D eigenvalue weighted by molar-refractivity contribution is 5.78. The summed E-state index contributed by atoms with van der Waals surface area (Å²) in [5.41, 5.74) is -0.732. The number of halogens is 3. The second kappa shape index (κ2) is 8.46. The zero-order chi connectivity index (χ0) is 19.4. The van der Waals surface area contributed by atoms with E-state index in [1.165, 1.54) is 12.5 Å². The molecule has 1 amide bonds. The summed E-state index contributed by atoms with van der Waals surface area (Å²) in [7, 11) is 0. The number of aromatic nitrogens is 1. The van der Waals surface area contributed by atoms with E-state index in [1.807, 2.05) is 9.80 Å². The third-order valence-corrected chi connectivity index (χ3v) is 5.36. The smallest absolute Gasteiger partial charge is 0.355 e. The van der Waals surface area contributed by atoms with Gasteiger partial charge in [0.1, 0.15) is 5.82 Å². The van der Waals surface area contributed by atoms with Crippen LogP contribution < -0.4 is 4.90 Å². The van der Waals surface area contributed by atoms with Gasteiger partial charge in [-0.05, 0) is 37.3 Å². The third kappa shape index (κ3) is 5.34. The van der Waals surface area contributed by atoms with Gasteiger partial charge in [0.25, 0.3) is 0 Å². The molecule has 0 bridgehead atoms. The number of rotatable bonds is 3. The lowest BCUT2D eigenvalue weighted by molar-refractivity contribution is -0.138. The number of likely N-dealkylation sites (tertiary alicyclic amines) is 1. The van der Waals surface area contributed by atoms with Gasteiger partial charge >= 0.3 is 6.18 Å². The predicted molar refractivity (Wildman–Crippen MR) is 97.5 cm³/mol. The highest BCUT2D eigenvalue weighted by Gasteiger charge is 2.31. The zero-order valence-corrected chi connectivity index (χ0v) is 15.7. The number of amides is 1. The largest absolute Gasteiger partial charge is 0.417 e. The van der Waals surface area contributed by atoms with Crippen LogP contribution in [0, 0.1) is 5.92 Å². The molecule has 5 nitrogen and oxygen atoms in total. The lowest BCUT2D eigenvalue weighted by Gasteiger charge is -2.32. The lowest BCUT2D eigenvalue weighted by atomic mass is 10.0. The van der Waals surface area contributed by atoms with Crippen LogP contribution in [-0.2, 0) is 11.0 Å². The van der Waals surface area contributed by atoms with E-state index in [1.54, 1.807) is 0 Å². The molecular weight excluding hydrogens is 357 g/mol. The van der Waals surface area contributed by atoms with Crippen LogP contribution in [0.4, 0.5) is 19.0 Å². The van der Waals surface area contributed by atoms with E-state index in [4.69, 9.17) is 0 Å². The molecule has 2 fully saturated rings. The fourth-order valence-electron chi connectivity index (χ4n) is 3.81. The monoisotopic (exact) mass is 384 g/mol. The summed E-state index contributed by atoms with van der Waals surface area (Å²) < 4.78 is 38.0. The number of nitrogens with zero attached hydrogens (tertiary/aromatic N) is 4. The van der Waals surface area contributed by atoms with Crippen LogP contribution in [0.1, 0.15) is 31.7 Å². The Morgan fingerprint density at radius 1 is 1.15 bits per heavy atom. The van der Waals surface area contributed by atoms with Crippen molar-refractivity contribution in [3.8, 4) is 0 Å². The van der Waals surface area contributed by atoms with Crippen LogP contribution >= 0.6 is 0 Å². The van der Waals surface area contributed by atoms with Crippen LogP contribution in [0.5, 0.6) is 0 Å². The number of hydrogen-bond acceptors (Lipinski definition) is 4. The van der Waals surface area contributed by atoms with E-state index < -0.39 is 11.7 Å². The predicted octanol–water partition coefficient (Wildman–Crippen LogP) is 2.87. The molecule has 0 spiro atoms. The van der Waals surface area contributed by atoms with Gasteiger partial charge in [-0.2, -0.15) is 13.2 Å².